The Hall–Kier alpha value is -3.09. The number of fused-ring (bicyclic) bond motifs is 1. The number of hydrogen-bond donors (Lipinski definition) is 1. The number of carbonyl (C=O) groups is 1. The maximum atomic E-state index is 12.8. The summed E-state index contributed by atoms with van der Waals surface area (Å²) in [5, 5.41) is 4.03. The number of amides is 1. The molecule has 0 fully saturated rings. The highest BCUT2D eigenvalue weighted by Gasteiger charge is 2.31. The van der Waals surface area contributed by atoms with E-state index in [1.54, 1.807) is 6.21 Å². The third kappa shape index (κ3) is 5.03. The predicted molar refractivity (Wildman–Crippen MR) is 123 cm³/mol. The van der Waals surface area contributed by atoms with E-state index < -0.39 is 17.6 Å². The summed E-state index contributed by atoms with van der Waals surface area (Å²) < 4.78 is 38.5. The summed E-state index contributed by atoms with van der Waals surface area (Å²) in [6.45, 7) is 11.5. The number of benzene rings is 2. The van der Waals surface area contributed by atoms with Crippen molar-refractivity contribution < 1.29 is 18.0 Å². The van der Waals surface area contributed by atoms with Gasteiger partial charge in [-0.05, 0) is 75.1 Å². The highest BCUT2D eigenvalue weighted by Crippen LogP contribution is 2.39. The lowest BCUT2D eigenvalue weighted by atomic mass is 9.87. The minimum atomic E-state index is -4.44. The molecule has 0 unspecified atom stereocenters. The van der Waals surface area contributed by atoms with Crippen LogP contribution < -0.4 is 10.3 Å². The van der Waals surface area contributed by atoms with Crippen LogP contribution in [0.2, 0.25) is 0 Å². The Morgan fingerprint density at radius 1 is 1.19 bits per heavy atom. The average molecular weight is 444 g/mol. The molecule has 0 aromatic heterocycles. The molecule has 1 aliphatic heterocycles. The zero-order valence-electron chi connectivity index (χ0n) is 19.0. The number of anilines is 1. The largest absolute Gasteiger partial charge is 0.416 e. The topological polar surface area (TPSA) is 44.7 Å². The van der Waals surface area contributed by atoms with Crippen molar-refractivity contribution in [2.45, 2.75) is 52.8 Å². The summed E-state index contributed by atoms with van der Waals surface area (Å²) in [7, 11) is 0. The van der Waals surface area contributed by atoms with E-state index in [9.17, 15) is 18.0 Å². The molecule has 1 N–H and O–H groups in total. The maximum Gasteiger partial charge on any atom is 0.416 e. The van der Waals surface area contributed by atoms with Crippen LogP contribution in [0.1, 0.15) is 55.5 Å². The van der Waals surface area contributed by atoms with Gasteiger partial charge in [-0.25, -0.2) is 5.43 Å². The first-order chi connectivity index (χ1) is 14.9. The van der Waals surface area contributed by atoms with Gasteiger partial charge in [0.2, 0.25) is 5.91 Å². The Morgan fingerprint density at radius 3 is 2.56 bits per heavy atom. The summed E-state index contributed by atoms with van der Waals surface area (Å²) in [6, 6.07) is 8.92. The van der Waals surface area contributed by atoms with Gasteiger partial charge in [0.25, 0.3) is 0 Å². The van der Waals surface area contributed by atoms with Crippen molar-refractivity contribution in [3.05, 3.63) is 70.3 Å². The van der Waals surface area contributed by atoms with E-state index in [2.05, 4.69) is 61.3 Å². The van der Waals surface area contributed by atoms with E-state index in [0.29, 0.717) is 0 Å². The molecule has 1 aliphatic rings. The normalized spacial score (nSPS) is 15.5. The Bertz CT molecular complexity index is 1080. The van der Waals surface area contributed by atoms with Crippen molar-refractivity contribution in [2.24, 2.45) is 5.10 Å². The van der Waals surface area contributed by atoms with Crippen LogP contribution in [-0.4, -0.2) is 24.2 Å². The van der Waals surface area contributed by atoms with Gasteiger partial charge in [0.15, 0.2) is 0 Å². The first-order valence-corrected chi connectivity index (χ1v) is 10.5. The molecule has 7 heteroatoms. The average Bonchev–Trinajstić information content (AvgIpc) is 2.68. The zero-order valence-corrected chi connectivity index (χ0v) is 19.0. The summed E-state index contributed by atoms with van der Waals surface area (Å²) in [4.78, 5) is 14.5. The molecule has 0 radical (unpaired) electrons. The second kappa shape index (κ2) is 8.81. The van der Waals surface area contributed by atoms with E-state index in [-0.39, 0.29) is 17.5 Å². The van der Waals surface area contributed by atoms with Crippen LogP contribution in [0.5, 0.6) is 0 Å². The van der Waals surface area contributed by atoms with Gasteiger partial charge in [-0.1, -0.05) is 24.3 Å². The van der Waals surface area contributed by atoms with Crippen LogP contribution in [0.4, 0.5) is 18.9 Å². The minimum absolute atomic E-state index is 0.0781. The fourth-order valence-electron chi connectivity index (χ4n) is 4.22. The lowest BCUT2D eigenvalue weighted by Gasteiger charge is -2.43. The number of alkyl halides is 3. The van der Waals surface area contributed by atoms with E-state index in [1.807, 2.05) is 6.92 Å². The highest BCUT2D eigenvalue weighted by atomic mass is 19.4. The number of rotatable bonds is 5. The van der Waals surface area contributed by atoms with Crippen LogP contribution in [0, 0.1) is 6.92 Å². The number of likely N-dealkylation sites (N-methyl/N-ethyl adjacent to an activating group) is 1. The van der Waals surface area contributed by atoms with Gasteiger partial charge >= 0.3 is 6.18 Å². The number of hydrogen-bond acceptors (Lipinski definition) is 3. The Morgan fingerprint density at radius 2 is 1.91 bits per heavy atom. The molecule has 4 nitrogen and oxygen atoms in total. The molecule has 1 amide bonds. The Labute approximate surface area is 186 Å². The number of aryl methyl sites for hydroxylation is 1. The number of nitrogens with zero attached hydrogens (tertiary/aromatic N) is 2. The molecule has 170 valence electrons. The van der Waals surface area contributed by atoms with Gasteiger partial charge in [-0.3, -0.25) is 4.79 Å². The molecule has 1 heterocycles. The van der Waals surface area contributed by atoms with Crippen LogP contribution in [0.15, 0.2) is 47.6 Å². The van der Waals surface area contributed by atoms with Gasteiger partial charge in [-0.2, -0.15) is 18.3 Å². The van der Waals surface area contributed by atoms with Crippen LogP contribution in [-0.2, 0) is 17.4 Å². The van der Waals surface area contributed by atoms with E-state index in [1.165, 1.54) is 23.4 Å². The number of carbonyl (C=O) groups excluding carboxylic acids is 1. The SMILES string of the molecule is CCN1c2cc(C)c(/C=N\NC(=O)Cc3cccc(C(F)(F)F)c3)cc2C(C)=CC1(C)C. The van der Waals surface area contributed by atoms with E-state index in [4.69, 9.17) is 0 Å². The molecule has 3 rings (SSSR count). The predicted octanol–water partition coefficient (Wildman–Crippen LogP) is 5.73. The third-order valence-electron chi connectivity index (χ3n) is 5.69. The van der Waals surface area contributed by atoms with Crippen molar-refractivity contribution in [1.82, 2.24) is 5.43 Å². The number of nitrogens with one attached hydrogen (secondary N) is 1. The summed E-state index contributed by atoms with van der Waals surface area (Å²) >= 11 is 0. The summed E-state index contributed by atoms with van der Waals surface area (Å²) in [5.74, 6) is -0.480. The first kappa shape index (κ1) is 23.6. The van der Waals surface area contributed by atoms with Crippen molar-refractivity contribution in [3.8, 4) is 0 Å². The molecule has 32 heavy (non-hydrogen) atoms. The monoisotopic (exact) mass is 443 g/mol. The molecular weight excluding hydrogens is 415 g/mol. The Kier molecular flexibility index (Phi) is 6.49. The quantitative estimate of drug-likeness (QED) is 0.474. The van der Waals surface area contributed by atoms with Crippen LogP contribution >= 0.6 is 0 Å². The van der Waals surface area contributed by atoms with Crippen molar-refractivity contribution >= 4 is 23.4 Å². The molecule has 2 aromatic carbocycles. The maximum absolute atomic E-state index is 12.8. The molecule has 0 saturated heterocycles. The zero-order chi connectivity index (χ0) is 23.7. The number of hydrazone groups is 1. The molecule has 0 atom stereocenters. The smallest absolute Gasteiger partial charge is 0.363 e. The van der Waals surface area contributed by atoms with Gasteiger partial charge in [0.1, 0.15) is 0 Å². The number of allylic oxidation sites excluding steroid dienone is 1. The third-order valence-corrected chi connectivity index (χ3v) is 5.69. The van der Waals surface area contributed by atoms with Crippen LogP contribution in [0.3, 0.4) is 0 Å². The van der Waals surface area contributed by atoms with Crippen molar-refractivity contribution in [2.75, 3.05) is 11.4 Å². The second-order valence-electron chi connectivity index (χ2n) is 8.62. The first-order valence-electron chi connectivity index (χ1n) is 10.5. The Balaban J connectivity index is 1.74. The molecule has 0 aliphatic carbocycles. The highest BCUT2D eigenvalue weighted by molar-refractivity contribution is 5.90. The molecule has 0 saturated carbocycles. The lowest BCUT2D eigenvalue weighted by molar-refractivity contribution is -0.137. The van der Waals surface area contributed by atoms with Crippen molar-refractivity contribution in [3.63, 3.8) is 0 Å². The molecule has 0 bridgehead atoms. The molecule has 0 spiro atoms. The molecular formula is C25H28F3N3O. The fraction of sp³-hybridized carbons (Fsp3) is 0.360. The van der Waals surface area contributed by atoms with Gasteiger partial charge < -0.3 is 4.90 Å². The van der Waals surface area contributed by atoms with Crippen LogP contribution in [0.25, 0.3) is 5.57 Å². The number of halogens is 3. The van der Waals surface area contributed by atoms with Crippen molar-refractivity contribution in [1.29, 1.82) is 0 Å². The summed E-state index contributed by atoms with van der Waals surface area (Å²) in [6.07, 6.45) is -0.814. The van der Waals surface area contributed by atoms with E-state index >= 15 is 0 Å². The van der Waals surface area contributed by atoms with E-state index in [0.717, 1.165) is 35.4 Å². The minimum Gasteiger partial charge on any atom is -0.363 e. The fourth-order valence-corrected chi connectivity index (χ4v) is 4.22. The summed E-state index contributed by atoms with van der Waals surface area (Å²) in [5.41, 5.74) is 7.19. The van der Waals surface area contributed by atoms with Gasteiger partial charge in [0, 0.05) is 17.8 Å². The standard InChI is InChI=1S/C25H28F3N3O/c1-6-31-22-10-16(2)19(13-21(22)17(3)14-24(31,4)5)15-29-30-23(32)12-18-8-7-9-20(11-18)25(26,27)28/h7-11,13-15H,6,12H2,1-5H3,(H,30,32)/b29-15-. The lowest BCUT2D eigenvalue weighted by Crippen LogP contribution is -2.45. The van der Waals surface area contributed by atoms with Gasteiger partial charge in [-0.15, -0.1) is 0 Å². The van der Waals surface area contributed by atoms with Gasteiger partial charge in [0.05, 0.1) is 23.7 Å². The molecule has 2 aromatic rings. The second-order valence-corrected chi connectivity index (χ2v) is 8.62.